The van der Waals surface area contributed by atoms with Crippen LogP contribution in [0.1, 0.15) is 51.8 Å². The van der Waals surface area contributed by atoms with Crippen molar-refractivity contribution in [2.75, 3.05) is 30.9 Å². The summed E-state index contributed by atoms with van der Waals surface area (Å²) < 4.78 is 33.6. The summed E-state index contributed by atoms with van der Waals surface area (Å²) in [6, 6.07) is 0.167. The molecule has 1 aliphatic heterocycles. The molecule has 2 aliphatic carbocycles. The van der Waals surface area contributed by atoms with E-state index in [1.807, 2.05) is 18.7 Å². The first-order valence-corrected chi connectivity index (χ1v) is 11.9. The molecule has 3 aliphatic rings. The average Bonchev–Trinajstić information content (AvgIpc) is 3.33. The summed E-state index contributed by atoms with van der Waals surface area (Å²) in [5.74, 6) is 1.00. The molecule has 10 heteroatoms. The predicted molar refractivity (Wildman–Crippen MR) is 107 cm³/mol. The van der Waals surface area contributed by atoms with Gasteiger partial charge in [-0.05, 0) is 37.0 Å². The van der Waals surface area contributed by atoms with E-state index in [1.54, 1.807) is 0 Å². The highest BCUT2D eigenvalue weighted by atomic mass is 32.2. The Morgan fingerprint density at radius 1 is 1.21 bits per heavy atom. The van der Waals surface area contributed by atoms with Crippen LogP contribution in [0.3, 0.4) is 0 Å². The Hall–Kier alpha value is -1.81. The lowest BCUT2D eigenvalue weighted by molar-refractivity contribution is -0.128. The van der Waals surface area contributed by atoms with Crippen LogP contribution in [0.5, 0.6) is 6.01 Å². The number of sulfonamides is 1. The van der Waals surface area contributed by atoms with Gasteiger partial charge in [-0.3, -0.25) is 4.79 Å². The number of carbonyl (C=O) groups is 1. The van der Waals surface area contributed by atoms with E-state index in [0.29, 0.717) is 24.6 Å². The SMILES string of the molecule is COc1nc(CNS(=O)(=O)C[C@]23CCC(CC2=O)C3(C)C)nc(N2CCCC2)n1. The number of nitrogens with one attached hydrogen (secondary N) is 1. The van der Waals surface area contributed by atoms with Gasteiger partial charge in [0.15, 0.2) is 5.82 Å². The zero-order valence-corrected chi connectivity index (χ0v) is 18.1. The number of methoxy groups -OCH3 is 1. The molecule has 1 saturated heterocycles. The first-order chi connectivity index (χ1) is 13.7. The lowest BCUT2D eigenvalue weighted by Gasteiger charge is -2.36. The molecular weight excluding hydrogens is 394 g/mol. The molecule has 29 heavy (non-hydrogen) atoms. The smallest absolute Gasteiger partial charge is 0.321 e. The minimum Gasteiger partial charge on any atom is -0.467 e. The monoisotopic (exact) mass is 423 g/mol. The number of Topliss-reactive ketones (excluding diaryl/α,β-unsaturated/α-hetero) is 1. The molecular formula is C19H29N5O4S. The second kappa shape index (κ2) is 7.16. The third-order valence-electron chi connectivity index (χ3n) is 7.25. The molecule has 160 valence electrons. The summed E-state index contributed by atoms with van der Waals surface area (Å²) in [7, 11) is -2.22. The lowest BCUT2D eigenvalue weighted by Crippen LogP contribution is -2.45. The summed E-state index contributed by atoms with van der Waals surface area (Å²) in [5, 5.41) is 0. The normalized spacial score (nSPS) is 28.3. The second-order valence-corrected chi connectivity index (χ2v) is 10.8. The van der Waals surface area contributed by atoms with Gasteiger partial charge in [-0.1, -0.05) is 13.8 Å². The maximum atomic E-state index is 12.9. The van der Waals surface area contributed by atoms with Crippen LogP contribution >= 0.6 is 0 Å². The van der Waals surface area contributed by atoms with Crippen molar-refractivity contribution < 1.29 is 17.9 Å². The van der Waals surface area contributed by atoms with E-state index >= 15 is 0 Å². The van der Waals surface area contributed by atoms with E-state index in [9.17, 15) is 13.2 Å². The Labute approximate surface area is 171 Å². The summed E-state index contributed by atoms with van der Waals surface area (Å²) in [5.41, 5.74) is -1.08. The number of rotatable bonds is 7. The number of hydrogen-bond donors (Lipinski definition) is 1. The number of hydrogen-bond acceptors (Lipinski definition) is 8. The third-order valence-corrected chi connectivity index (χ3v) is 8.70. The largest absolute Gasteiger partial charge is 0.467 e. The van der Waals surface area contributed by atoms with Crippen LogP contribution in [0.25, 0.3) is 0 Å². The van der Waals surface area contributed by atoms with Crippen molar-refractivity contribution in [1.29, 1.82) is 0 Å². The zero-order chi connectivity index (χ0) is 20.9. The fourth-order valence-electron chi connectivity index (χ4n) is 5.27. The van der Waals surface area contributed by atoms with Crippen molar-refractivity contribution in [3.8, 4) is 6.01 Å². The van der Waals surface area contributed by atoms with Gasteiger partial charge in [-0.2, -0.15) is 15.0 Å². The molecule has 1 aromatic heterocycles. The van der Waals surface area contributed by atoms with E-state index in [1.165, 1.54) is 7.11 Å². The van der Waals surface area contributed by atoms with Crippen LogP contribution in [-0.2, 0) is 21.4 Å². The minimum atomic E-state index is -3.69. The molecule has 9 nitrogen and oxygen atoms in total. The maximum Gasteiger partial charge on any atom is 0.321 e. The van der Waals surface area contributed by atoms with Gasteiger partial charge in [0, 0.05) is 24.9 Å². The van der Waals surface area contributed by atoms with E-state index < -0.39 is 15.4 Å². The Morgan fingerprint density at radius 2 is 1.93 bits per heavy atom. The number of anilines is 1. The number of nitrogens with zero attached hydrogens (tertiary/aromatic N) is 4. The molecule has 4 rings (SSSR count). The van der Waals surface area contributed by atoms with Crippen molar-refractivity contribution in [3.63, 3.8) is 0 Å². The molecule has 1 aromatic rings. The van der Waals surface area contributed by atoms with Gasteiger partial charge < -0.3 is 9.64 Å². The first kappa shape index (κ1) is 20.5. The number of aromatic nitrogens is 3. The molecule has 2 atom stereocenters. The van der Waals surface area contributed by atoms with Crippen LogP contribution in [0.4, 0.5) is 5.95 Å². The molecule has 0 amide bonds. The Morgan fingerprint density at radius 3 is 2.52 bits per heavy atom. The zero-order valence-electron chi connectivity index (χ0n) is 17.3. The quantitative estimate of drug-likeness (QED) is 0.698. The van der Waals surface area contributed by atoms with Crippen LogP contribution in [0.15, 0.2) is 0 Å². The van der Waals surface area contributed by atoms with Gasteiger partial charge in [0.2, 0.25) is 16.0 Å². The van der Waals surface area contributed by atoms with Crippen LogP contribution in [0.2, 0.25) is 0 Å². The first-order valence-electron chi connectivity index (χ1n) is 10.2. The molecule has 2 heterocycles. The van der Waals surface area contributed by atoms with Gasteiger partial charge in [0.1, 0.15) is 5.78 Å². The summed E-state index contributed by atoms with van der Waals surface area (Å²) in [6.07, 6.45) is 4.19. The predicted octanol–water partition coefficient (Wildman–Crippen LogP) is 1.30. The van der Waals surface area contributed by atoms with Crippen molar-refractivity contribution in [1.82, 2.24) is 19.7 Å². The molecule has 3 fully saturated rings. The van der Waals surface area contributed by atoms with E-state index in [2.05, 4.69) is 19.7 Å². The topological polar surface area (TPSA) is 114 Å². The fourth-order valence-corrected chi connectivity index (χ4v) is 7.05. The summed E-state index contributed by atoms with van der Waals surface area (Å²) in [6.45, 7) is 5.73. The maximum absolute atomic E-state index is 12.9. The molecule has 1 unspecified atom stereocenters. The van der Waals surface area contributed by atoms with Crippen molar-refractivity contribution in [2.24, 2.45) is 16.7 Å². The van der Waals surface area contributed by atoms with E-state index in [-0.39, 0.29) is 35.4 Å². The summed E-state index contributed by atoms with van der Waals surface area (Å²) in [4.78, 5) is 27.6. The van der Waals surface area contributed by atoms with Gasteiger partial charge in [0.25, 0.3) is 0 Å². The van der Waals surface area contributed by atoms with Crippen molar-refractivity contribution in [2.45, 2.75) is 52.5 Å². The number of carbonyl (C=O) groups excluding carboxylic acids is 1. The highest BCUT2D eigenvalue weighted by Gasteiger charge is 2.65. The molecule has 0 radical (unpaired) electrons. The minimum absolute atomic E-state index is 0.0593. The fraction of sp³-hybridized carbons (Fsp3) is 0.789. The average molecular weight is 424 g/mol. The number of ketones is 1. The summed E-state index contributed by atoms with van der Waals surface area (Å²) >= 11 is 0. The molecule has 1 N–H and O–H groups in total. The lowest BCUT2D eigenvalue weighted by atomic mass is 9.70. The van der Waals surface area contributed by atoms with Crippen molar-refractivity contribution >= 4 is 21.8 Å². The molecule has 0 spiro atoms. The van der Waals surface area contributed by atoms with E-state index in [0.717, 1.165) is 32.4 Å². The van der Waals surface area contributed by atoms with Crippen LogP contribution < -0.4 is 14.4 Å². The van der Waals surface area contributed by atoms with E-state index in [4.69, 9.17) is 4.74 Å². The van der Waals surface area contributed by atoms with Crippen LogP contribution in [0, 0.1) is 16.7 Å². The third kappa shape index (κ3) is 3.50. The highest BCUT2D eigenvalue weighted by molar-refractivity contribution is 7.89. The molecule has 2 saturated carbocycles. The van der Waals surface area contributed by atoms with Gasteiger partial charge >= 0.3 is 6.01 Å². The molecule has 2 bridgehead atoms. The standard InChI is InChI=1S/C19H29N5O4S/c1-18(2)13-6-7-19(18,14(25)10-13)12-29(26,27)20-11-15-21-16(23-17(22-15)28-3)24-8-4-5-9-24/h13,20H,4-12H2,1-3H3/t13?,19-/m1/s1. The Bertz CT molecular complexity index is 913. The van der Waals surface area contributed by atoms with Gasteiger partial charge in [-0.25, -0.2) is 13.1 Å². The molecule has 0 aromatic carbocycles. The van der Waals surface area contributed by atoms with Crippen LogP contribution in [-0.4, -0.2) is 55.1 Å². The van der Waals surface area contributed by atoms with Crippen molar-refractivity contribution in [3.05, 3.63) is 5.82 Å². The van der Waals surface area contributed by atoms with Gasteiger partial charge in [-0.15, -0.1) is 0 Å². The Kier molecular flexibility index (Phi) is 5.05. The Balaban J connectivity index is 1.50. The number of ether oxygens (including phenoxy) is 1. The number of fused-ring (bicyclic) bond motifs is 2. The second-order valence-electron chi connectivity index (χ2n) is 8.98. The van der Waals surface area contributed by atoms with Gasteiger partial charge in [0.05, 0.1) is 19.4 Å². The highest BCUT2D eigenvalue weighted by Crippen LogP contribution is 2.64.